The van der Waals surface area contributed by atoms with Gasteiger partial charge in [-0.05, 0) is 79.7 Å². The number of carbonyl (C=O) groups excluding carboxylic acids is 3. The summed E-state index contributed by atoms with van der Waals surface area (Å²) in [6, 6.07) is 21.8. The van der Waals surface area contributed by atoms with E-state index in [0.29, 0.717) is 28.8 Å². The van der Waals surface area contributed by atoms with E-state index in [9.17, 15) is 14.4 Å². The van der Waals surface area contributed by atoms with Crippen molar-refractivity contribution < 1.29 is 23.9 Å². The topological polar surface area (TPSA) is 93.7 Å². The summed E-state index contributed by atoms with van der Waals surface area (Å²) in [6.07, 6.45) is -0.187. The summed E-state index contributed by atoms with van der Waals surface area (Å²) in [4.78, 5) is 38.1. The fraction of sp³-hybridized carbons (Fsp3) is 0.192. The summed E-state index contributed by atoms with van der Waals surface area (Å²) < 4.78 is 10.3. The molecule has 0 saturated carbocycles. The number of amides is 2. The van der Waals surface area contributed by atoms with Crippen LogP contribution < -0.4 is 15.4 Å². The number of ether oxygens (including phenoxy) is 2. The molecule has 7 nitrogen and oxygen atoms in total. The Hall–Kier alpha value is -3.49. The maximum absolute atomic E-state index is 12.2. The normalized spacial score (nSPS) is 10.3. The van der Waals surface area contributed by atoms with Gasteiger partial charge in [0.15, 0.2) is 6.61 Å². The van der Waals surface area contributed by atoms with Crippen molar-refractivity contribution in [3.63, 3.8) is 0 Å². The third kappa shape index (κ3) is 9.35. The van der Waals surface area contributed by atoms with Gasteiger partial charge >= 0.3 is 5.97 Å². The number of hydrogen-bond donors (Lipinski definition) is 2. The lowest BCUT2D eigenvalue weighted by atomic mass is 10.2. The third-order valence-electron chi connectivity index (χ3n) is 4.56. The molecule has 0 aliphatic carbocycles. The van der Waals surface area contributed by atoms with Gasteiger partial charge in [-0.3, -0.25) is 14.4 Å². The van der Waals surface area contributed by atoms with Crippen molar-refractivity contribution in [2.45, 2.75) is 29.6 Å². The molecule has 0 unspecified atom stereocenters. The Kier molecular flexibility index (Phi) is 10.0. The van der Waals surface area contributed by atoms with Crippen LogP contribution in [0.4, 0.5) is 11.4 Å². The Morgan fingerprint density at radius 3 is 1.91 bits per heavy atom. The first-order chi connectivity index (χ1) is 16.9. The zero-order valence-corrected chi connectivity index (χ0v) is 20.7. The molecule has 35 heavy (non-hydrogen) atoms. The standard InChI is InChI=1S/C26H25ClN2O5S/c1-2-33-21-9-5-19(6-10-21)29-25(31)17-34-26(32)16-15-24(30)28-20-7-13-23(14-8-20)35-22-11-3-18(27)4-12-22/h3-14H,2,15-17H2,1H3,(H,28,30)(H,29,31). The second kappa shape index (κ2) is 13.4. The van der Waals surface area contributed by atoms with E-state index in [1.807, 2.05) is 43.3 Å². The highest BCUT2D eigenvalue weighted by molar-refractivity contribution is 7.99. The zero-order chi connectivity index (χ0) is 25.0. The van der Waals surface area contributed by atoms with E-state index in [4.69, 9.17) is 21.1 Å². The third-order valence-corrected chi connectivity index (χ3v) is 5.82. The molecule has 0 saturated heterocycles. The molecule has 0 spiro atoms. The van der Waals surface area contributed by atoms with Crippen LogP contribution in [0, 0.1) is 0 Å². The summed E-state index contributed by atoms with van der Waals surface area (Å²) >= 11 is 7.48. The SMILES string of the molecule is CCOc1ccc(NC(=O)COC(=O)CCC(=O)Nc2ccc(Sc3ccc(Cl)cc3)cc2)cc1. The number of hydrogen-bond acceptors (Lipinski definition) is 6. The first-order valence-corrected chi connectivity index (χ1v) is 12.1. The predicted octanol–water partition coefficient (Wildman–Crippen LogP) is 5.79. The summed E-state index contributed by atoms with van der Waals surface area (Å²) in [5, 5.41) is 6.06. The van der Waals surface area contributed by atoms with Crippen molar-refractivity contribution in [3.05, 3.63) is 77.8 Å². The van der Waals surface area contributed by atoms with Gasteiger partial charge < -0.3 is 20.1 Å². The molecule has 2 N–H and O–H groups in total. The molecule has 0 heterocycles. The number of esters is 1. The summed E-state index contributed by atoms with van der Waals surface area (Å²) in [6.45, 7) is 2.01. The number of benzene rings is 3. The monoisotopic (exact) mass is 512 g/mol. The average Bonchev–Trinajstić information content (AvgIpc) is 2.85. The molecule has 0 fully saturated rings. The van der Waals surface area contributed by atoms with Crippen molar-refractivity contribution in [2.75, 3.05) is 23.8 Å². The van der Waals surface area contributed by atoms with E-state index < -0.39 is 18.5 Å². The highest BCUT2D eigenvalue weighted by Crippen LogP contribution is 2.29. The van der Waals surface area contributed by atoms with Gasteiger partial charge in [-0.2, -0.15) is 0 Å². The van der Waals surface area contributed by atoms with Gasteiger partial charge in [0.1, 0.15) is 5.75 Å². The van der Waals surface area contributed by atoms with Crippen molar-refractivity contribution in [1.82, 2.24) is 0 Å². The van der Waals surface area contributed by atoms with Crippen molar-refractivity contribution in [2.24, 2.45) is 0 Å². The summed E-state index contributed by atoms with van der Waals surface area (Å²) in [7, 11) is 0. The average molecular weight is 513 g/mol. The number of rotatable bonds is 11. The largest absolute Gasteiger partial charge is 0.494 e. The molecule has 0 bridgehead atoms. The van der Waals surface area contributed by atoms with Gasteiger partial charge in [0.25, 0.3) is 5.91 Å². The molecule has 0 atom stereocenters. The molecule has 182 valence electrons. The minimum absolute atomic E-state index is 0.0549. The highest BCUT2D eigenvalue weighted by atomic mass is 35.5. The molecule has 9 heteroatoms. The van der Waals surface area contributed by atoms with Crippen LogP contribution in [0.25, 0.3) is 0 Å². The smallest absolute Gasteiger partial charge is 0.306 e. The number of carbonyl (C=O) groups is 3. The van der Waals surface area contributed by atoms with Crippen molar-refractivity contribution in [3.8, 4) is 5.75 Å². The first-order valence-electron chi connectivity index (χ1n) is 10.9. The second-order valence-corrected chi connectivity index (χ2v) is 8.88. The molecule has 3 aromatic carbocycles. The van der Waals surface area contributed by atoms with Crippen LogP contribution >= 0.6 is 23.4 Å². The Labute approximate surface area is 213 Å². The van der Waals surface area contributed by atoms with Gasteiger partial charge in [-0.25, -0.2) is 0 Å². The van der Waals surface area contributed by atoms with Crippen LogP contribution in [-0.4, -0.2) is 31.0 Å². The highest BCUT2D eigenvalue weighted by Gasteiger charge is 2.11. The van der Waals surface area contributed by atoms with E-state index in [2.05, 4.69) is 10.6 Å². The Balaban J connectivity index is 1.34. The van der Waals surface area contributed by atoms with Crippen molar-refractivity contribution >= 4 is 52.5 Å². The lowest BCUT2D eigenvalue weighted by Gasteiger charge is -2.08. The number of nitrogens with one attached hydrogen (secondary N) is 2. The van der Waals surface area contributed by atoms with Crippen LogP contribution in [0.2, 0.25) is 5.02 Å². The molecule has 0 radical (unpaired) electrons. The molecule has 0 aromatic heterocycles. The van der Waals surface area contributed by atoms with Crippen LogP contribution in [0.3, 0.4) is 0 Å². The molecular weight excluding hydrogens is 488 g/mol. The molecular formula is C26H25ClN2O5S. The van der Waals surface area contributed by atoms with Crippen LogP contribution in [-0.2, 0) is 19.1 Å². The van der Waals surface area contributed by atoms with E-state index in [1.54, 1.807) is 48.2 Å². The van der Waals surface area contributed by atoms with Crippen LogP contribution in [0.5, 0.6) is 5.75 Å². The summed E-state index contributed by atoms with van der Waals surface area (Å²) in [5.74, 6) is -0.720. The summed E-state index contributed by atoms with van der Waals surface area (Å²) in [5.41, 5.74) is 1.19. The van der Waals surface area contributed by atoms with Gasteiger partial charge in [-0.15, -0.1) is 0 Å². The number of anilines is 2. The predicted molar refractivity (Wildman–Crippen MR) is 137 cm³/mol. The Bertz CT molecular complexity index is 1140. The lowest BCUT2D eigenvalue weighted by molar-refractivity contribution is -0.147. The fourth-order valence-corrected chi connectivity index (χ4v) is 3.84. The molecule has 2 amide bonds. The van der Waals surface area contributed by atoms with E-state index >= 15 is 0 Å². The van der Waals surface area contributed by atoms with Gasteiger partial charge in [0, 0.05) is 32.6 Å². The van der Waals surface area contributed by atoms with E-state index in [1.165, 1.54) is 0 Å². The molecule has 3 aromatic rings. The van der Waals surface area contributed by atoms with Gasteiger partial charge in [0.2, 0.25) is 5.91 Å². The zero-order valence-electron chi connectivity index (χ0n) is 19.1. The van der Waals surface area contributed by atoms with E-state index in [-0.39, 0.29) is 18.7 Å². The maximum atomic E-state index is 12.2. The van der Waals surface area contributed by atoms with Gasteiger partial charge in [-0.1, -0.05) is 23.4 Å². The van der Waals surface area contributed by atoms with Crippen molar-refractivity contribution in [1.29, 1.82) is 0 Å². The first kappa shape index (κ1) is 26.1. The van der Waals surface area contributed by atoms with Crippen LogP contribution in [0.1, 0.15) is 19.8 Å². The maximum Gasteiger partial charge on any atom is 0.306 e. The molecule has 0 aliphatic rings. The molecule has 0 aliphatic heterocycles. The second-order valence-electron chi connectivity index (χ2n) is 7.29. The minimum atomic E-state index is -0.628. The quantitative estimate of drug-likeness (QED) is 0.316. The minimum Gasteiger partial charge on any atom is -0.494 e. The van der Waals surface area contributed by atoms with Crippen LogP contribution in [0.15, 0.2) is 82.6 Å². The fourth-order valence-electron chi connectivity index (χ4n) is 2.90. The Morgan fingerprint density at radius 1 is 0.771 bits per heavy atom. The lowest BCUT2D eigenvalue weighted by Crippen LogP contribution is -2.21. The van der Waals surface area contributed by atoms with Gasteiger partial charge in [0.05, 0.1) is 13.0 Å². The Morgan fingerprint density at radius 2 is 1.31 bits per heavy atom. The van der Waals surface area contributed by atoms with E-state index in [0.717, 1.165) is 9.79 Å². The molecule has 3 rings (SSSR count). The number of halogens is 1.